The fourth-order valence-corrected chi connectivity index (χ4v) is 1.66. The maximum atomic E-state index is 12.2. The third kappa shape index (κ3) is 5.00. The van der Waals surface area contributed by atoms with Crippen LogP contribution in [0.5, 0.6) is 0 Å². The van der Waals surface area contributed by atoms with Gasteiger partial charge in [0.2, 0.25) is 0 Å². The molecule has 0 aliphatic carbocycles. The number of pyridine rings is 1. The topological polar surface area (TPSA) is 71.5 Å². The van der Waals surface area contributed by atoms with E-state index >= 15 is 0 Å². The Balaban J connectivity index is 2.78. The lowest BCUT2D eigenvalue weighted by Gasteiger charge is -2.24. The third-order valence-corrected chi connectivity index (χ3v) is 2.58. The second kappa shape index (κ2) is 7.63. The van der Waals surface area contributed by atoms with Gasteiger partial charge < -0.3 is 15.2 Å². The zero-order chi connectivity index (χ0) is 15.0. The summed E-state index contributed by atoms with van der Waals surface area (Å²) in [5.74, 6) is 4.99. The predicted octanol–water partition coefficient (Wildman–Crippen LogP) is 0.970. The highest BCUT2D eigenvalue weighted by atomic mass is 16.5. The van der Waals surface area contributed by atoms with Crippen molar-refractivity contribution in [3.8, 4) is 11.8 Å². The van der Waals surface area contributed by atoms with E-state index in [1.54, 1.807) is 6.07 Å². The first kappa shape index (κ1) is 16.2. The molecule has 108 valence electrons. The van der Waals surface area contributed by atoms with Crippen molar-refractivity contribution in [2.24, 2.45) is 0 Å². The Morgan fingerprint density at radius 3 is 2.95 bits per heavy atom. The van der Waals surface area contributed by atoms with E-state index in [0.717, 1.165) is 0 Å². The molecular formula is C15H20N2O3. The number of ether oxygens (including phenoxy) is 1. The van der Waals surface area contributed by atoms with Crippen molar-refractivity contribution >= 4 is 5.91 Å². The molecule has 0 saturated heterocycles. The summed E-state index contributed by atoms with van der Waals surface area (Å²) in [5, 5.41) is 11.5. The smallest absolute Gasteiger partial charge is 0.252 e. The number of aromatic nitrogens is 1. The number of nitrogens with zero attached hydrogens (tertiary/aromatic N) is 1. The van der Waals surface area contributed by atoms with Gasteiger partial charge in [0.15, 0.2) is 0 Å². The van der Waals surface area contributed by atoms with Gasteiger partial charge >= 0.3 is 0 Å². The molecule has 1 aromatic rings. The lowest BCUT2D eigenvalue weighted by molar-refractivity contribution is -0.00815. The molecule has 5 nitrogen and oxygen atoms in total. The molecule has 1 rings (SSSR count). The van der Waals surface area contributed by atoms with Gasteiger partial charge in [-0.2, -0.15) is 0 Å². The molecule has 1 aromatic heterocycles. The van der Waals surface area contributed by atoms with Crippen LogP contribution in [-0.2, 0) is 4.74 Å². The lowest BCUT2D eigenvalue weighted by Crippen LogP contribution is -2.40. The number of carbonyl (C=O) groups excluding carboxylic acids is 1. The zero-order valence-electron chi connectivity index (χ0n) is 12.1. The van der Waals surface area contributed by atoms with Gasteiger partial charge in [0.25, 0.3) is 5.91 Å². The summed E-state index contributed by atoms with van der Waals surface area (Å²) >= 11 is 0. The molecule has 0 fully saturated rings. The summed E-state index contributed by atoms with van der Waals surface area (Å²) in [5.41, 5.74) is 0.510. The van der Waals surface area contributed by atoms with Crippen molar-refractivity contribution in [2.75, 3.05) is 19.8 Å². The average molecular weight is 276 g/mol. The SMILES string of the molecule is CCOC(C)(C)CNC(=O)c1ccncc1C#CCO. The molecule has 0 saturated carbocycles. The normalized spacial score (nSPS) is 10.6. The highest BCUT2D eigenvalue weighted by Crippen LogP contribution is 2.09. The summed E-state index contributed by atoms with van der Waals surface area (Å²) in [6.45, 7) is 6.47. The zero-order valence-corrected chi connectivity index (χ0v) is 12.1. The summed E-state index contributed by atoms with van der Waals surface area (Å²) < 4.78 is 5.52. The molecule has 0 aromatic carbocycles. The van der Waals surface area contributed by atoms with Gasteiger partial charge in [-0.25, -0.2) is 0 Å². The Morgan fingerprint density at radius 1 is 1.55 bits per heavy atom. The maximum Gasteiger partial charge on any atom is 0.252 e. The van der Waals surface area contributed by atoms with Crippen LogP contribution in [0, 0.1) is 11.8 Å². The number of hydrogen-bond acceptors (Lipinski definition) is 4. The molecule has 0 radical (unpaired) electrons. The van der Waals surface area contributed by atoms with Crippen molar-refractivity contribution in [1.29, 1.82) is 0 Å². The summed E-state index contributed by atoms with van der Waals surface area (Å²) in [4.78, 5) is 16.1. The molecule has 1 heterocycles. The highest BCUT2D eigenvalue weighted by molar-refractivity contribution is 5.96. The van der Waals surface area contributed by atoms with Crippen LogP contribution in [0.3, 0.4) is 0 Å². The van der Waals surface area contributed by atoms with E-state index in [1.165, 1.54) is 12.4 Å². The number of amides is 1. The molecule has 0 bridgehead atoms. The van der Waals surface area contributed by atoms with Crippen LogP contribution >= 0.6 is 0 Å². The largest absolute Gasteiger partial charge is 0.384 e. The monoisotopic (exact) mass is 276 g/mol. The Kier molecular flexibility index (Phi) is 6.16. The molecule has 1 amide bonds. The van der Waals surface area contributed by atoms with Crippen molar-refractivity contribution in [3.63, 3.8) is 0 Å². The van der Waals surface area contributed by atoms with E-state index in [0.29, 0.717) is 24.3 Å². The maximum absolute atomic E-state index is 12.2. The van der Waals surface area contributed by atoms with Crippen molar-refractivity contribution in [1.82, 2.24) is 10.3 Å². The minimum absolute atomic E-state index is 0.234. The van der Waals surface area contributed by atoms with Crippen LogP contribution in [0.15, 0.2) is 18.5 Å². The van der Waals surface area contributed by atoms with Gasteiger partial charge in [0.1, 0.15) is 6.61 Å². The van der Waals surface area contributed by atoms with Gasteiger partial charge in [0.05, 0.1) is 16.7 Å². The Morgan fingerprint density at radius 2 is 2.30 bits per heavy atom. The van der Waals surface area contributed by atoms with E-state index in [2.05, 4.69) is 22.1 Å². The number of aliphatic hydroxyl groups excluding tert-OH is 1. The standard InChI is InChI=1S/C15H20N2O3/c1-4-20-15(2,3)11-17-14(19)13-7-8-16-10-12(13)6-5-9-18/h7-8,10,18H,4,9,11H2,1-3H3,(H,17,19). The first-order chi connectivity index (χ1) is 9.50. The molecule has 0 spiro atoms. The van der Waals surface area contributed by atoms with Crippen LogP contribution in [0.1, 0.15) is 36.7 Å². The first-order valence-corrected chi connectivity index (χ1v) is 6.46. The van der Waals surface area contributed by atoms with Crippen molar-refractivity contribution in [3.05, 3.63) is 29.6 Å². The fraction of sp³-hybridized carbons (Fsp3) is 0.467. The molecule has 0 atom stereocenters. The van der Waals surface area contributed by atoms with Gasteiger partial charge in [0, 0.05) is 25.5 Å². The number of aliphatic hydroxyl groups is 1. The molecule has 20 heavy (non-hydrogen) atoms. The fourth-order valence-electron chi connectivity index (χ4n) is 1.66. The average Bonchev–Trinajstić information content (AvgIpc) is 2.43. The van der Waals surface area contributed by atoms with Crippen molar-refractivity contribution in [2.45, 2.75) is 26.4 Å². The molecule has 0 unspecified atom stereocenters. The predicted molar refractivity (Wildman–Crippen MR) is 76.2 cm³/mol. The van der Waals surface area contributed by atoms with Crippen LogP contribution < -0.4 is 5.32 Å². The van der Waals surface area contributed by atoms with E-state index in [-0.39, 0.29) is 12.5 Å². The molecular weight excluding hydrogens is 256 g/mol. The van der Waals surface area contributed by atoms with Gasteiger partial charge in [-0.1, -0.05) is 11.8 Å². The Bertz CT molecular complexity index is 515. The molecule has 0 aliphatic rings. The van der Waals surface area contributed by atoms with E-state index in [1.807, 2.05) is 20.8 Å². The van der Waals surface area contributed by atoms with Crippen molar-refractivity contribution < 1.29 is 14.6 Å². The third-order valence-electron chi connectivity index (χ3n) is 2.58. The quantitative estimate of drug-likeness (QED) is 0.786. The number of nitrogens with one attached hydrogen (secondary N) is 1. The Labute approximate surface area is 119 Å². The number of carbonyl (C=O) groups is 1. The molecule has 5 heteroatoms. The summed E-state index contributed by atoms with van der Waals surface area (Å²) in [7, 11) is 0. The lowest BCUT2D eigenvalue weighted by atomic mass is 10.1. The Hall–Kier alpha value is -1.90. The van der Waals surface area contributed by atoms with E-state index in [4.69, 9.17) is 9.84 Å². The minimum atomic E-state index is -0.422. The van der Waals surface area contributed by atoms with Crippen LogP contribution in [0.4, 0.5) is 0 Å². The van der Waals surface area contributed by atoms with E-state index < -0.39 is 5.60 Å². The highest BCUT2D eigenvalue weighted by Gasteiger charge is 2.19. The number of hydrogen-bond donors (Lipinski definition) is 2. The van der Waals surface area contributed by atoms with Gasteiger partial charge in [-0.15, -0.1) is 0 Å². The number of rotatable bonds is 5. The second-order valence-electron chi connectivity index (χ2n) is 4.76. The second-order valence-corrected chi connectivity index (χ2v) is 4.76. The van der Waals surface area contributed by atoms with Gasteiger partial charge in [-0.05, 0) is 26.8 Å². The van der Waals surface area contributed by atoms with Crippen LogP contribution in [0.25, 0.3) is 0 Å². The van der Waals surface area contributed by atoms with Crippen LogP contribution in [0.2, 0.25) is 0 Å². The summed E-state index contributed by atoms with van der Waals surface area (Å²) in [6.07, 6.45) is 3.04. The molecule has 2 N–H and O–H groups in total. The molecule has 0 aliphatic heterocycles. The minimum Gasteiger partial charge on any atom is -0.384 e. The van der Waals surface area contributed by atoms with E-state index in [9.17, 15) is 4.79 Å². The summed E-state index contributed by atoms with van der Waals surface area (Å²) in [6, 6.07) is 1.60. The van der Waals surface area contributed by atoms with Crippen LogP contribution in [-0.4, -0.2) is 41.4 Å². The van der Waals surface area contributed by atoms with Gasteiger partial charge in [-0.3, -0.25) is 9.78 Å². The first-order valence-electron chi connectivity index (χ1n) is 6.46.